The van der Waals surface area contributed by atoms with Gasteiger partial charge in [0.1, 0.15) is 9.84 Å². The van der Waals surface area contributed by atoms with Crippen LogP contribution in [0.2, 0.25) is 0 Å². The van der Waals surface area contributed by atoms with Crippen molar-refractivity contribution in [1.82, 2.24) is 10.2 Å². The van der Waals surface area contributed by atoms with E-state index in [4.69, 9.17) is 0 Å². The number of sulfone groups is 1. The van der Waals surface area contributed by atoms with E-state index in [0.717, 1.165) is 44.7 Å². The Morgan fingerprint density at radius 2 is 1.60 bits per heavy atom. The van der Waals surface area contributed by atoms with Crippen LogP contribution in [-0.2, 0) is 22.7 Å². The number of nitrogens with zero attached hydrogens (tertiary/aromatic N) is 1. The van der Waals surface area contributed by atoms with E-state index in [9.17, 15) is 8.42 Å². The van der Waals surface area contributed by atoms with Crippen molar-refractivity contribution in [3.05, 3.63) is 35.4 Å². The van der Waals surface area contributed by atoms with Gasteiger partial charge in [-0.2, -0.15) is 0 Å². The number of aryl methyl sites for hydroxylation is 1. The van der Waals surface area contributed by atoms with Crippen molar-refractivity contribution in [1.29, 1.82) is 0 Å². The predicted octanol–water partition coefficient (Wildman–Crippen LogP) is 0.721. The number of benzene rings is 1. The van der Waals surface area contributed by atoms with Gasteiger partial charge in [0.15, 0.2) is 0 Å². The van der Waals surface area contributed by atoms with Crippen LogP contribution in [0.15, 0.2) is 24.3 Å². The molecule has 112 valence electrons. The molecule has 20 heavy (non-hydrogen) atoms. The maximum atomic E-state index is 11.1. The summed E-state index contributed by atoms with van der Waals surface area (Å²) >= 11 is 0. The minimum atomic E-state index is -2.87. The third-order valence-corrected chi connectivity index (χ3v) is 4.66. The quantitative estimate of drug-likeness (QED) is 0.840. The Bertz CT molecular complexity index is 505. The molecule has 0 radical (unpaired) electrons. The first kappa shape index (κ1) is 15.5. The van der Waals surface area contributed by atoms with Gasteiger partial charge in [0, 0.05) is 39.0 Å². The minimum absolute atomic E-state index is 0.229. The average molecular weight is 296 g/mol. The standard InChI is InChI=1S/C15H24N2O2S/c1-20(18,19)13-7-15-4-2-14(3-5-15)6-10-17-11-8-16-9-12-17/h2-5,16H,6-13H2,1H3. The molecule has 0 saturated carbocycles. The van der Waals surface area contributed by atoms with Crippen molar-refractivity contribution in [2.45, 2.75) is 12.8 Å². The molecule has 5 heteroatoms. The van der Waals surface area contributed by atoms with Gasteiger partial charge in [0.05, 0.1) is 5.75 Å². The second-order valence-corrected chi connectivity index (χ2v) is 7.80. The summed E-state index contributed by atoms with van der Waals surface area (Å²) in [5, 5.41) is 3.36. The van der Waals surface area contributed by atoms with Crippen molar-refractivity contribution in [2.75, 3.05) is 44.7 Å². The molecule has 1 fully saturated rings. The van der Waals surface area contributed by atoms with Gasteiger partial charge in [-0.05, 0) is 24.0 Å². The molecule has 0 unspecified atom stereocenters. The Labute approximate surface area is 122 Å². The van der Waals surface area contributed by atoms with Crippen LogP contribution >= 0.6 is 0 Å². The molecule has 1 heterocycles. The first-order valence-electron chi connectivity index (χ1n) is 7.21. The van der Waals surface area contributed by atoms with E-state index >= 15 is 0 Å². The fraction of sp³-hybridized carbons (Fsp3) is 0.600. The Kier molecular flexibility index (Phi) is 5.57. The molecule has 0 amide bonds. The third kappa shape index (κ3) is 5.61. The number of piperazine rings is 1. The molecule has 0 spiro atoms. The Balaban J connectivity index is 1.78. The van der Waals surface area contributed by atoms with Gasteiger partial charge in [-0.1, -0.05) is 24.3 Å². The van der Waals surface area contributed by atoms with Gasteiger partial charge in [-0.15, -0.1) is 0 Å². The molecule has 2 rings (SSSR count). The van der Waals surface area contributed by atoms with E-state index in [1.807, 2.05) is 0 Å². The lowest BCUT2D eigenvalue weighted by Crippen LogP contribution is -2.44. The van der Waals surface area contributed by atoms with Crippen molar-refractivity contribution in [2.24, 2.45) is 0 Å². The first-order valence-corrected chi connectivity index (χ1v) is 9.28. The highest BCUT2D eigenvalue weighted by molar-refractivity contribution is 7.90. The lowest BCUT2D eigenvalue weighted by Gasteiger charge is -2.27. The summed E-state index contributed by atoms with van der Waals surface area (Å²) in [5.41, 5.74) is 2.42. The summed E-state index contributed by atoms with van der Waals surface area (Å²) in [6.45, 7) is 5.54. The van der Waals surface area contributed by atoms with Crippen LogP contribution in [0.25, 0.3) is 0 Å². The van der Waals surface area contributed by atoms with Crippen molar-refractivity contribution in [3.8, 4) is 0 Å². The molecule has 1 aliphatic heterocycles. The SMILES string of the molecule is CS(=O)(=O)CCc1ccc(CCN2CCNCC2)cc1. The molecule has 4 nitrogen and oxygen atoms in total. The van der Waals surface area contributed by atoms with Crippen molar-refractivity contribution >= 4 is 9.84 Å². The summed E-state index contributed by atoms with van der Waals surface area (Å²) in [6, 6.07) is 8.36. The van der Waals surface area contributed by atoms with Crippen LogP contribution in [0.3, 0.4) is 0 Å². The Morgan fingerprint density at radius 1 is 1.05 bits per heavy atom. The largest absolute Gasteiger partial charge is 0.314 e. The molecule has 0 aromatic heterocycles. The summed E-state index contributed by atoms with van der Waals surface area (Å²) in [6.07, 6.45) is 2.96. The fourth-order valence-corrected chi connectivity index (χ4v) is 3.00. The van der Waals surface area contributed by atoms with E-state index in [1.165, 1.54) is 11.8 Å². The lowest BCUT2D eigenvalue weighted by molar-refractivity contribution is 0.244. The van der Waals surface area contributed by atoms with Gasteiger partial charge in [0.25, 0.3) is 0 Å². The Hall–Kier alpha value is -0.910. The van der Waals surface area contributed by atoms with Crippen molar-refractivity contribution < 1.29 is 8.42 Å². The Morgan fingerprint density at radius 3 is 2.15 bits per heavy atom. The van der Waals surface area contributed by atoms with E-state index in [1.54, 1.807) is 0 Å². The van der Waals surface area contributed by atoms with Crippen LogP contribution in [0.5, 0.6) is 0 Å². The van der Waals surface area contributed by atoms with Crippen LogP contribution in [-0.4, -0.2) is 58.1 Å². The molecule has 0 aliphatic carbocycles. The molecule has 1 saturated heterocycles. The minimum Gasteiger partial charge on any atom is -0.314 e. The maximum absolute atomic E-state index is 11.1. The van der Waals surface area contributed by atoms with Gasteiger partial charge in [0.2, 0.25) is 0 Å². The van der Waals surface area contributed by atoms with Gasteiger partial charge in [-0.3, -0.25) is 0 Å². The zero-order valence-corrected chi connectivity index (χ0v) is 13.0. The summed E-state index contributed by atoms with van der Waals surface area (Å²) in [5.74, 6) is 0.229. The van der Waals surface area contributed by atoms with E-state index in [2.05, 4.69) is 34.5 Å². The van der Waals surface area contributed by atoms with Gasteiger partial charge in [-0.25, -0.2) is 8.42 Å². The summed E-state index contributed by atoms with van der Waals surface area (Å²) in [4.78, 5) is 2.48. The molecular formula is C15H24N2O2S. The zero-order chi connectivity index (χ0) is 14.4. The highest BCUT2D eigenvalue weighted by Crippen LogP contribution is 2.08. The second-order valence-electron chi connectivity index (χ2n) is 5.54. The second kappa shape index (κ2) is 7.20. The summed E-state index contributed by atoms with van der Waals surface area (Å²) in [7, 11) is -2.87. The van der Waals surface area contributed by atoms with E-state index in [0.29, 0.717) is 6.42 Å². The molecule has 0 bridgehead atoms. The number of hydrogen-bond donors (Lipinski definition) is 1. The average Bonchev–Trinajstić information content (AvgIpc) is 2.44. The van der Waals surface area contributed by atoms with Crippen LogP contribution in [0, 0.1) is 0 Å². The van der Waals surface area contributed by atoms with Crippen LogP contribution in [0.1, 0.15) is 11.1 Å². The topological polar surface area (TPSA) is 49.4 Å². The predicted molar refractivity (Wildman–Crippen MR) is 82.9 cm³/mol. The fourth-order valence-electron chi connectivity index (χ4n) is 2.40. The van der Waals surface area contributed by atoms with Crippen LogP contribution in [0.4, 0.5) is 0 Å². The van der Waals surface area contributed by atoms with Gasteiger partial charge < -0.3 is 10.2 Å². The first-order chi connectivity index (χ1) is 9.53. The number of rotatable bonds is 6. The molecule has 1 aromatic carbocycles. The molecule has 1 aromatic rings. The van der Waals surface area contributed by atoms with Crippen LogP contribution < -0.4 is 5.32 Å². The maximum Gasteiger partial charge on any atom is 0.147 e. The summed E-state index contributed by atoms with van der Waals surface area (Å²) < 4.78 is 22.3. The third-order valence-electron chi connectivity index (χ3n) is 3.71. The molecule has 0 atom stereocenters. The molecule has 1 aliphatic rings. The van der Waals surface area contributed by atoms with E-state index in [-0.39, 0.29) is 5.75 Å². The monoisotopic (exact) mass is 296 g/mol. The smallest absolute Gasteiger partial charge is 0.147 e. The van der Waals surface area contributed by atoms with E-state index < -0.39 is 9.84 Å². The van der Waals surface area contributed by atoms with Gasteiger partial charge >= 0.3 is 0 Å². The zero-order valence-electron chi connectivity index (χ0n) is 12.1. The normalized spacial score (nSPS) is 17.2. The lowest BCUT2D eigenvalue weighted by atomic mass is 10.1. The highest BCUT2D eigenvalue weighted by Gasteiger charge is 2.09. The molecular weight excluding hydrogens is 272 g/mol. The van der Waals surface area contributed by atoms with Crippen molar-refractivity contribution in [3.63, 3.8) is 0 Å². The number of nitrogens with one attached hydrogen (secondary N) is 1. The highest BCUT2D eigenvalue weighted by atomic mass is 32.2. The number of hydrogen-bond acceptors (Lipinski definition) is 4. The molecule has 1 N–H and O–H groups in total.